The molecule has 0 saturated heterocycles. The molecule has 2 N–H and O–H groups in total. The number of thiophene rings is 1. The third-order valence-corrected chi connectivity index (χ3v) is 6.44. The number of methoxy groups -OCH3 is 1. The van der Waals surface area contributed by atoms with Crippen LogP contribution in [-0.4, -0.2) is 34.5 Å². The number of rotatable bonds is 7. The number of hydrogen-bond acceptors (Lipinski definition) is 7. The summed E-state index contributed by atoms with van der Waals surface area (Å²) in [5, 5.41) is 0.617. The third-order valence-electron chi connectivity index (χ3n) is 4.16. The maximum absolute atomic E-state index is 14.7. The summed E-state index contributed by atoms with van der Waals surface area (Å²) in [4.78, 5) is 33.7. The number of hydrogen-bond donors (Lipinski definition) is 1. The quantitative estimate of drug-likeness (QED) is 0.356. The van der Waals surface area contributed by atoms with Crippen molar-refractivity contribution in [2.24, 2.45) is 5.73 Å². The molecule has 3 aromatic rings. The number of thioether (sulfide) groups is 1. The Kier molecular flexibility index (Phi) is 5.95. The molecule has 146 valence electrons. The minimum atomic E-state index is -0.552. The van der Waals surface area contributed by atoms with E-state index in [0.29, 0.717) is 21.2 Å². The van der Waals surface area contributed by atoms with Crippen molar-refractivity contribution in [3.63, 3.8) is 0 Å². The van der Waals surface area contributed by atoms with E-state index in [-0.39, 0.29) is 22.7 Å². The van der Waals surface area contributed by atoms with Crippen LogP contribution in [0.5, 0.6) is 5.75 Å². The van der Waals surface area contributed by atoms with Crippen molar-refractivity contribution in [1.82, 2.24) is 9.97 Å². The Morgan fingerprint density at radius 1 is 1.29 bits per heavy atom. The second-order valence-electron chi connectivity index (χ2n) is 6.09. The van der Waals surface area contributed by atoms with Gasteiger partial charge in [-0.25, -0.2) is 14.4 Å². The van der Waals surface area contributed by atoms with Gasteiger partial charge >= 0.3 is 0 Å². The third kappa shape index (κ3) is 4.00. The Hall–Kier alpha value is -2.52. The normalized spacial score (nSPS) is 12.1. The first kappa shape index (κ1) is 20.2. The molecule has 1 unspecified atom stereocenters. The minimum absolute atomic E-state index is 0.0765. The van der Waals surface area contributed by atoms with E-state index in [1.54, 1.807) is 32.0 Å². The standard InChI is InChI=1S/C19H18FN3O3S2/c1-9(18(21)25)14-6-7-15(28-14)12(24)8-27-19-16-11(22-10(2)23-19)4-5-13(26-3)17(16)20/h4-7,9H,8H2,1-3H3,(H2,21,25). The molecule has 1 atom stereocenters. The van der Waals surface area contributed by atoms with Crippen LogP contribution in [-0.2, 0) is 4.79 Å². The summed E-state index contributed by atoms with van der Waals surface area (Å²) < 4.78 is 19.8. The van der Waals surface area contributed by atoms with E-state index in [4.69, 9.17) is 10.5 Å². The number of nitrogens with zero attached hydrogens (tertiary/aromatic N) is 2. The first-order chi connectivity index (χ1) is 13.3. The SMILES string of the molecule is COc1ccc2nc(C)nc(SCC(=O)c3ccc(C(C)C(N)=O)s3)c2c1F. The lowest BCUT2D eigenvalue weighted by molar-refractivity contribution is -0.119. The molecule has 1 amide bonds. The lowest BCUT2D eigenvalue weighted by Crippen LogP contribution is -2.17. The van der Waals surface area contributed by atoms with Crippen molar-refractivity contribution in [3.05, 3.63) is 45.7 Å². The van der Waals surface area contributed by atoms with Gasteiger partial charge in [0.2, 0.25) is 5.91 Å². The number of fused-ring (bicyclic) bond motifs is 1. The van der Waals surface area contributed by atoms with Crippen molar-refractivity contribution >= 4 is 45.7 Å². The molecule has 0 radical (unpaired) electrons. The Labute approximate surface area is 169 Å². The van der Waals surface area contributed by atoms with Gasteiger partial charge in [0.05, 0.1) is 34.6 Å². The molecule has 28 heavy (non-hydrogen) atoms. The van der Waals surface area contributed by atoms with E-state index in [2.05, 4.69) is 9.97 Å². The fourth-order valence-corrected chi connectivity index (χ4v) is 4.64. The summed E-state index contributed by atoms with van der Waals surface area (Å²) in [6.45, 7) is 3.41. The number of Topliss-reactive ketones (excluding diaryl/α,β-unsaturated/α-hetero) is 1. The first-order valence-corrected chi connectivity index (χ1v) is 10.2. The van der Waals surface area contributed by atoms with Crippen LogP contribution < -0.4 is 10.5 Å². The van der Waals surface area contributed by atoms with Crippen molar-refractivity contribution in [1.29, 1.82) is 0 Å². The highest BCUT2D eigenvalue weighted by atomic mass is 32.2. The zero-order valence-corrected chi connectivity index (χ0v) is 17.1. The van der Waals surface area contributed by atoms with E-state index in [1.807, 2.05) is 0 Å². The molecule has 0 aliphatic carbocycles. The molecule has 0 fully saturated rings. The zero-order valence-electron chi connectivity index (χ0n) is 15.5. The summed E-state index contributed by atoms with van der Waals surface area (Å²) >= 11 is 2.38. The van der Waals surface area contributed by atoms with Gasteiger partial charge in [-0.1, -0.05) is 11.8 Å². The van der Waals surface area contributed by atoms with Crippen LogP contribution in [0.25, 0.3) is 10.9 Å². The van der Waals surface area contributed by atoms with Crippen LogP contribution in [0, 0.1) is 12.7 Å². The molecule has 0 aliphatic heterocycles. The summed E-state index contributed by atoms with van der Waals surface area (Å²) in [7, 11) is 1.39. The number of amides is 1. The number of carbonyl (C=O) groups excluding carboxylic acids is 2. The van der Waals surface area contributed by atoms with Crippen molar-refractivity contribution in [2.45, 2.75) is 24.8 Å². The predicted molar refractivity (Wildman–Crippen MR) is 108 cm³/mol. The topological polar surface area (TPSA) is 95.2 Å². The van der Waals surface area contributed by atoms with Gasteiger partial charge in [-0.05, 0) is 38.1 Å². The summed E-state index contributed by atoms with van der Waals surface area (Å²) in [6, 6.07) is 6.58. The Balaban J connectivity index is 1.85. The molecule has 0 spiro atoms. The van der Waals surface area contributed by atoms with Gasteiger partial charge in [-0.2, -0.15) is 0 Å². The Bertz CT molecular complexity index is 1070. The summed E-state index contributed by atoms with van der Waals surface area (Å²) in [6.07, 6.45) is 0. The number of aromatic nitrogens is 2. The fourth-order valence-electron chi connectivity index (χ4n) is 2.59. The maximum atomic E-state index is 14.7. The van der Waals surface area contributed by atoms with Crippen LogP contribution in [0.2, 0.25) is 0 Å². The van der Waals surface area contributed by atoms with Crippen molar-refractivity contribution < 1.29 is 18.7 Å². The largest absolute Gasteiger partial charge is 0.494 e. The van der Waals surface area contributed by atoms with Gasteiger partial charge < -0.3 is 10.5 Å². The van der Waals surface area contributed by atoms with Gasteiger partial charge in [0.1, 0.15) is 10.9 Å². The van der Waals surface area contributed by atoms with Crippen LogP contribution >= 0.6 is 23.1 Å². The molecular formula is C19H18FN3O3S2. The summed E-state index contributed by atoms with van der Waals surface area (Å²) in [5.74, 6) is -0.920. The highest BCUT2D eigenvalue weighted by molar-refractivity contribution is 8.00. The van der Waals surface area contributed by atoms with Crippen LogP contribution in [0.15, 0.2) is 29.3 Å². The van der Waals surface area contributed by atoms with Crippen LogP contribution in [0.1, 0.15) is 33.2 Å². The Morgan fingerprint density at radius 2 is 2.04 bits per heavy atom. The van der Waals surface area contributed by atoms with Crippen molar-refractivity contribution in [3.8, 4) is 5.75 Å². The molecule has 2 aromatic heterocycles. The van der Waals surface area contributed by atoms with Gasteiger partial charge in [0.25, 0.3) is 0 Å². The zero-order chi connectivity index (χ0) is 20.4. The molecule has 0 aliphatic rings. The molecule has 2 heterocycles. The molecule has 1 aromatic carbocycles. The first-order valence-electron chi connectivity index (χ1n) is 8.37. The number of ether oxygens (including phenoxy) is 1. The van der Waals surface area contributed by atoms with Crippen molar-refractivity contribution in [2.75, 3.05) is 12.9 Å². The molecule has 6 nitrogen and oxygen atoms in total. The van der Waals surface area contributed by atoms with E-state index in [1.165, 1.54) is 24.5 Å². The summed E-state index contributed by atoms with van der Waals surface area (Å²) in [5.41, 5.74) is 5.76. The van der Waals surface area contributed by atoms with E-state index < -0.39 is 17.6 Å². The molecule has 0 bridgehead atoms. The molecule has 3 rings (SSSR count). The highest BCUT2D eigenvalue weighted by Crippen LogP contribution is 2.33. The second kappa shape index (κ2) is 8.24. The Morgan fingerprint density at radius 3 is 2.71 bits per heavy atom. The lowest BCUT2D eigenvalue weighted by atomic mass is 10.1. The highest BCUT2D eigenvalue weighted by Gasteiger charge is 2.19. The smallest absolute Gasteiger partial charge is 0.225 e. The van der Waals surface area contributed by atoms with Gasteiger partial charge in [-0.15, -0.1) is 11.3 Å². The van der Waals surface area contributed by atoms with Crippen LogP contribution in [0.3, 0.4) is 0 Å². The fraction of sp³-hybridized carbons (Fsp3) is 0.263. The van der Waals surface area contributed by atoms with Gasteiger partial charge in [0.15, 0.2) is 17.3 Å². The number of benzene rings is 1. The average molecular weight is 420 g/mol. The average Bonchev–Trinajstić information content (AvgIpc) is 3.15. The number of carbonyl (C=O) groups is 2. The number of ketones is 1. The van der Waals surface area contributed by atoms with Crippen LogP contribution in [0.4, 0.5) is 4.39 Å². The predicted octanol–water partition coefficient (Wildman–Crippen LogP) is 3.71. The van der Waals surface area contributed by atoms with Gasteiger partial charge in [-0.3, -0.25) is 9.59 Å². The number of halogens is 1. The molecular weight excluding hydrogens is 401 g/mol. The lowest BCUT2D eigenvalue weighted by Gasteiger charge is -2.09. The monoisotopic (exact) mass is 419 g/mol. The van der Waals surface area contributed by atoms with Gasteiger partial charge in [0, 0.05) is 4.88 Å². The number of primary amides is 1. The number of aryl methyl sites for hydroxylation is 1. The molecule has 9 heteroatoms. The second-order valence-corrected chi connectivity index (χ2v) is 8.17. The van der Waals surface area contributed by atoms with E-state index >= 15 is 0 Å². The van der Waals surface area contributed by atoms with E-state index in [0.717, 1.165) is 16.6 Å². The number of nitrogens with two attached hydrogens (primary N) is 1. The maximum Gasteiger partial charge on any atom is 0.225 e. The molecule has 0 saturated carbocycles. The minimum Gasteiger partial charge on any atom is -0.494 e. The van der Waals surface area contributed by atoms with E-state index in [9.17, 15) is 14.0 Å².